The van der Waals surface area contributed by atoms with Crippen molar-refractivity contribution in [1.82, 2.24) is 4.98 Å². The van der Waals surface area contributed by atoms with Crippen LogP contribution in [-0.2, 0) is 0 Å². The van der Waals surface area contributed by atoms with Crippen molar-refractivity contribution in [3.05, 3.63) is 23.4 Å². The topological polar surface area (TPSA) is 38.9 Å². The normalized spacial score (nSPS) is 27.6. The Hall–Kier alpha value is -0.540. The van der Waals surface area contributed by atoms with E-state index in [1.54, 1.807) is 0 Å². The second-order valence-corrected chi connectivity index (χ2v) is 8.58. The maximum Gasteiger partial charge on any atom is 0.0968 e. The van der Waals surface area contributed by atoms with Crippen LogP contribution in [0.5, 0.6) is 0 Å². The van der Waals surface area contributed by atoms with E-state index in [4.69, 9.17) is 5.73 Å². The van der Waals surface area contributed by atoms with E-state index in [0.717, 1.165) is 23.1 Å². The first-order chi connectivity index (χ1) is 9.25. The van der Waals surface area contributed by atoms with Crippen molar-refractivity contribution in [1.29, 1.82) is 0 Å². The minimum atomic E-state index is 0.307. The van der Waals surface area contributed by atoms with Crippen molar-refractivity contribution in [2.45, 2.75) is 70.2 Å². The zero-order valence-electron chi connectivity index (χ0n) is 13.4. The predicted molar refractivity (Wildman–Crippen MR) is 88.1 cm³/mol. The Morgan fingerprint density at radius 1 is 1.20 bits per heavy atom. The van der Waals surface area contributed by atoms with Gasteiger partial charge in [-0.3, -0.25) is 0 Å². The molecule has 1 heterocycles. The molecule has 1 saturated carbocycles. The average molecular weight is 292 g/mol. The number of hydrogen-bond donors (Lipinski definition) is 1. The van der Waals surface area contributed by atoms with Crippen molar-refractivity contribution in [2.75, 3.05) is 0 Å². The van der Waals surface area contributed by atoms with Crippen molar-refractivity contribution < 1.29 is 0 Å². The summed E-state index contributed by atoms with van der Waals surface area (Å²) >= 11 is 1.88. The third-order valence-electron chi connectivity index (χ3n) is 4.41. The van der Waals surface area contributed by atoms with Gasteiger partial charge in [0.05, 0.1) is 5.03 Å². The molecule has 2 nitrogen and oxygen atoms in total. The summed E-state index contributed by atoms with van der Waals surface area (Å²) < 4.78 is 0. The Kier molecular flexibility index (Phi) is 4.80. The number of pyridine rings is 1. The van der Waals surface area contributed by atoms with E-state index in [0.29, 0.717) is 16.7 Å². The molecular formula is C17H28N2S. The quantitative estimate of drug-likeness (QED) is 0.881. The number of nitrogens with zero attached hydrogens (tertiary/aromatic N) is 1. The molecule has 2 rings (SSSR count). The average Bonchev–Trinajstić information content (AvgIpc) is 2.29. The lowest BCUT2D eigenvalue weighted by Gasteiger charge is -2.40. The van der Waals surface area contributed by atoms with Gasteiger partial charge in [-0.1, -0.05) is 20.8 Å². The summed E-state index contributed by atoms with van der Waals surface area (Å²) in [6.07, 6.45) is 3.62. The molecule has 1 fully saturated rings. The smallest absolute Gasteiger partial charge is 0.0968 e. The highest BCUT2D eigenvalue weighted by atomic mass is 32.2. The minimum absolute atomic E-state index is 0.307. The number of rotatable bonds is 2. The van der Waals surface area contributed by atoms with E-state index in [-0.39, 0.29) is 0 Å². The van der Waals surface area contributed by atoms with E-state index < -0.39 is 0 Å². The lowest BCUT2D eigenvalue weighted by Crippen LogP contribution is -2.41. The zero-order valence-corrected chi connectivity index (χ0v) is 14.3. The van der Waals surface area contributed by atoms with Gasteiger partial charge in [0.1, 0.15) is 0 Å². The van der Waals surface area contributed by atoms with E-state index in [1.807, 2.05) is 11.8 Å². The number of aryl methyl sites for hydroxylation is 2. The SMILES string of the molecule is Cc1cc(C)nc(SC2CC(C(C)(C)C)CCC2N)c1. The molecule has 0 spiro atoms. The third kappa shape index (κ3) is 3.98. The molecule has 1 aliphatic rings. The maximum absolute atomic E-state index is 6.36. The van der Waals surface area contributed by atoms with Gasteiger partial charge in [-0.25, -0.2) is 4.98 Å². The second kappa shape index (κ2) is 6.07. The molecule has 1 aromatic heterocycles. The molecule has 0 aromatic carbocycles. The molecule has 1 aromatic rings. The molecule has 3 unspecified atom stereocenters. The van der Waals surface area contributed by atoms with Gasteiger partial charge in [-0.05, 0) is 62.1 Å². The Bertz CT molecular complexity index is 444. The predicted octanol–water partition coefficient (Wildman–Crippen LogP) is 4.33. The lowest BCUT2D eigenvalue weighted by molar-refractivity contribution is 0.174. The highest BCUT2D eigenvalue weighted by molar-refractivity contribution is 7.99. The van der Waals surface area contributed by atoms with E-state index in [1.165, 1.54) is 18.4 Å². The summed E-state index contributed by atoms with van der Waals surface area (Å²) in [6.45, 7) is 11.3. The van der Waals surface area contributed by atoms with Crippen LogP contribution in [0.15, 0.2) is 17.2 Å². The molecule has 0 radical (unpaired) electrons. The van der Waals surface area contributed by atoms with Crippen molar-refractivity contribution in [3.8, 4) is 0 Å². The highest BCUT2D eigenvalue weighted by Gasteiger charge is 2.35. The summed E-state index contributed by atoms with van der Waals surface area (Å²) in [4.78, 5) is 4.66. The first-order valence-corrected chi connectivity index (χ1v) is 8.51. The van der Waals surface area contributed by atoms with Crippen molar-refractivity contribution >= 4 is 11.8 Å². The van der Waals surface area contributed by atoms with Gasteiger partial charge in [-0.15, -0.1) is 11.8 Å². The minimum Gasteiger partial charge on any atom is -0.327 e. The molecule has 3 atom stereocenters. The molecule has 0 aliphatic heterocycles. The van der Waals surface area contributed by atoms with Crippen LogP contribution >= 0.6 is 11.8 Å². The molecule has 0 saturated heterocycles. The fraction of sp³-hybridized carbons (Fsp3) is 0.706. The van der Waals surface area contributed by atoms with E-state index >= 15 is 0 Å². The lowest BCUT2D eigenvalue weighted by atomic mass is 9.71. The van der Waals surface area contributed by atoms with E-state index in [9.17, 15) is 0 Å². The van der Waals surface area contributed by atoms with Crippen LogP contribution < -0.4 is 5.73 Å². The van der Waals surface area contributed by atoms with Crippen molar-refractivity contribution in [2.24, 2.45) is 17.1 Å². The Morgan fingerprint density at radius 3 is 2.50 bits per heavy atom. The van der Waals surface area contributed by atoms with Crippen LogP contribution in [-0.4, -0.2) is 16.3 Å². The van der Waals surface area contributed by atoms with Gasteiger partial charge in [0.25, 0.3) is 0 Å². The number of nitrogens with two attached hydrogens (primary N) is 1. The molecule has 0 amide bonds. The monoisotopic (exact) mass is 292 g/mol. The third-order valence-corrected chi connectivity index (χ3v) is 5.71. The highest BCUT2D eigenvalue weighted by Crippen LogP contribution is 2.42. The Morgan fingerprint density at radius 2 is 1.90 bits per heavy atom. The second-order valence-electron chi connectivity index (χ2n) is 7.32. The van der Waals surface area contributed by atoms with Gasteiger partial charge in [0, 0.05) is 17.0 Å². The van der Waals surface area contributed by atoms with Crippen LogP contribution in [0.1, 0.15) is 51.3 Å². The zero-order chi connectivity index (χ0) is 14.9. The summed E-state index contributed by atoms with van der Waals surface area (Å²) in [5.41, 5.74) is 9.13. The molecule has 2 N–H and O–H groups in total. The van der Waals surface area contributed by atoms with Crippen LogP contribution in [0.4, 0.5) is 0 Å². The van der Waals surface area contributed by atoms with Crippen molar-refractivity contribution in [3.63, 3.8) is 0 Å². The number of aromatic nitrogens is 1. The van der Waals surface area contributed by atoms with Gasteiger partial charge in [-0.2, -0.15) is 0 Å². The van der Waals surface area contributed by atoms with Gasteiger partial charge >= 0.3 is 0 Å². The van der Waals surface area contributed by atoms with Crippen LogP contribution in [0.25, 0.3) is 0 Å². The van der Waals surface area contributed by atoms with Crippen LogP contribution in [0.3, 0.4) is 0 Å². The molecule has 112 valence electrons. The van der Waals surface area contributed by atoms with Crippen LogP contribution in [0, 0.1) is 25.2 Å². The molecule has 3 heteroatoms. The Labute approximate surface area is 127 Å². The van der Waals surface area contributed by atoms with Gasteiger partial charge in [0.2, 0.25) is 0 Å². The number of thioether (sulfide) groups is 1. The summed E-state index contributed by atoms with van der Waals surface area (Å²) in [5.74, 6) is 0.769. The standard InChI is InChI=1S/C17H28N2S/c1-11-8-12(2)19-16(9-11)20-15-10-13(17(3,4)5)6-7-14(15)18/h8-9,13-15H,6-7,10,18H2,1-5H3. The molecule has 20 heavy (non-hydrogen) atoms. The maximum atomic E-state index is 6.36. The molecular weight excluding hydrogens is 264 g/mol. The van der Waals surface area contributed by atoms with Crippen LogP contribution in [0.2, 0.25) is 0 Å². The van der Waals surface area contributed by atoms with Gasteiger partial charge < -0.3 is 5.73 Å². The fourth-order valence-electron chi connectivity index (χ4n) is 3.09. The van der Waals surface area contributed by atoms with E-state index in [2.05, 4.69) is 51.7 Å². The number of hydrogen-bond acceptors (Lipinski definition) is 3. The first kappa shape index (κ1) is 15.8. The Balaban J connectivity index is 2.10. The fourth-order valence-corrected chi connectivity index (χ4v) is 4.49. The molecule has 0 bridgehead atoms. The summed E-state index contributed by atoms with van der Waals surface area (Å²) in [6, 6.07) is 4.62. The summed E-state index contributed by atoms with van der Waals surface area (Å²) in [5, 5.41) is 1.64. The van der Waals surface area contributed by atoms with Gasteiger partial charge in [0.15, 0.2) is 0 Å². The largest absolute Gasteiger partial charge is 0.327 e. The summed E-state index contributed by atoms with van der Waals surface area (Å²) in [7, 11) is 0. The first-order valence-electron chi connectivity index (χ1n) is 7.63. The molecule has 1 aliphatic carbocycles.